The predicted molar refractivity (Wildman–Crippen MR) is 120 cm³/mol. The largest absolute Gasteiger partial charge is 0.441 e. The van der Waals surface area contributed by atoms with Crippen molar-refractivity contribution in [2.75, 3.05) is 18.0 Å². The van der Waals surface area contributed by atoms with E-state index in [1.165, 1.54) is 12.4 Å². The number of amides is 2. The van der Waals surface area contributed by atoms with Crippen LogP contribution in [-0.4, -0.2) is 47.6 Å². The Morgan fingerprint density at radius 2 is 1.77 bits per heavy atom. The summed E-state index contributed by atoms with van der Waals surface area (Å²) in [5.74, 6) is -4.87. The summed E-state index contributed by atoms with van der Waals surface area (Å²) in [7, 11) is 0. The third kappa shape index (κ3) is 5.66. The van der Waals surface area contributed by atoms with Gasteiger partial charge in [-0.05, 0) is 37.5 Å². The smallest absolute Gasteiger partial charge is 0.405 e. The number of carbonyl (C=O) groups is 2. The first-order chi connectivity index (χ1) is 16.4. The molecule has 2 heterocycles. The maximum Gasteiger partial charge on any atom is 0.405 e. The summed E-state index contributed by atoms with van der Waals surface area (Å²) in [6, 6.07) is 2.56. The molecule has 1 aromatic heterocycles. The van der Waals surface area contributed by atoms with Gasteiger partial charge in [-0.3, -0.25) is 9.78 Å². The fraction of sp³-hybridized carbons (Fsp3) is 0.458. The number of ether oxygens (including phenoxy) is 1. The predicted octanol–water partition coefficient (Wildman–Crippen LogP) is 4.40. The van der Waals surface area contributed by atoms with Crippen LogP contribution in [0.2, 0.25) is 0 Å². The molecule has 2 amide bonds. The Kier molecular flexibility index (Phi) is 6.61. The minimum atomic E-state index is -2.74. The van der Waals surface area contributed by atoms with Crippen molar-refractivity contribution in [3.63, 3.8) is 0 Å². The normalized spacial score (nSPS) is 22.1. The van der Waals surface area contributed by atoms with Crippen LogP contribution in [-0.2, 0) is 4.74 Å². The lowest BCUT2D eigenvalue weighted by Gasteiger charge is -2.30. The SMILES string of the molecule is CC1(OC(N)=O)CCN(c2c(C(=O)NC3CCC(F)(F)CC3)cncc2-c2cc(F)cc(F)c2)C1. The van der Waals surface area contributed by atoms with Gasteiger partial charge in [0.1, 0.15) is 17.2 Å². The van der Waals surface area contributed by atoms with E-state index in [1.54, 1.807) is 11.8 Å². The molecule has 4 rings (SSSR count). The molecule has 1 aliphatic heterocycles. The number of rotatable bonds is 5. The average Bonchev–Trinajstić information content (AvgIpc) is 3.14. The van der Waals surface area contributed by atoms with Crippen LogP contribution in [0.15, 0.2) is 30.6 Å². The fourth-order valence-corrected chi connectivity index (χ4v) is 4.78. The Morgan fingerprint density at radius 3 is 2.40 bits per heavy atom. The van der Waals surface area contributed by atoms with E-state index < -0.39 is 41.2 Å². The maximum atomic E-state index is 14.0. The number of carbonyl (C=O) groups excluding carboxylic acids is 2. The number of nitrogens with zero attached hydrogens (tertiary/aromatic N) is 2. The van der Waals surface area contributed by atoms with E-state index in [1.807, 2.05) is 0 Å². The van der Waals surface area contributed by atoms with Crippen molar-refractivity contribution >= 4 is 17.7 Å². The van der Waals surface area contributed by atoms with Gasteiger partial charge in [0.25, 0.3) is 5.91 Å². The topological polar surface area (TPSA) is 97.5 Å². The second kappa shape index (κ2) is 9.35. The quantitative estimate of drug-likeness (QED) is 0.601. The van der Waals surface area contributed by atoms with Crippen LogP contribution in [0, 0.1) is 11.6 Å². The Bertz CT molecular complexity index is 1120. The minimum Gasteiger partial charge on any atom is -0.441 e. The van der Waals surface area contributed by atoms with E-state index in [4.69, 9.17) is 10.5 Å². The number of primary amides is 1. The first-order valence-electron chi connectivity index (χ1n) is 11.3. The molecule has 1 saturated carbocycles. The molecule has 1 aromatic carbocycles. The summed E-state index contributed by atoms with van der Waals surface area (Å²) in [4.78, 5) is 30.6. The Hall–Kier alpha value is -3.37. The number of nitrogens with one attached hydrogen (secondary N) is 1. The lowest BCUT2D eigenvalue weighted by atomic mass is 9.92. The minimum absolute atomic E-state index is 0.118. The van der Waals surface area contributed by atoms with E-state index in [0.717, 1.165) is 18.2 Å². The molecular formula is C24H26F4N4O3. The van der Waals surface area contributed by atoms with Crippen LogP contribution in [0.5, 0.6) is 0 Å². The maximum absolute atomic E-state index is 14.0. The van der Waals surface area contributed by atoms with Gasteiger partial charge in [-0.1, -0.05) is 0 Å². The number of nitrogens with two attached hydrogens (primary N) is 1. The highest BCUT2D eigenvalue weighted by molar-refractivity contribution is 6.03. The van der Waals surface area contributed by atoms with Gasteiger partial charge in [0.2, 0.25) is 5.92 Å². The van der Waals surface area contributed by atoms with Crippen molar-refractivity contribution in [1.82, 2.24) is 10.3 Å². The lowest BCUT2D eigenvalue weighted by molar-refractivity contribution is -0.0399. The molecule has 2 aliphatic rings. The van der Waals surface area contributed by atoms with E-state index in [-0.39, 0.29) is 43.4 Å². The van der Waals surface area contributed by atoms with Crippen molar-refractivity contribution < 1.29 is 31.9 Å². The van der Waals surface area contributed by atoms with Gasteiger partial charge in [0.15, 0.2) is 0 Å². The van der Waals surface area contributed by atoms with Crippen LogP contribution in [0.25, 0.3) is 11.1 Å². The molecule has 7 nitrogen and oxygen atoms in total. The third-order valence-corrected chi connectivity index (χ3v) is 6.49. The number of benzene rings is 1. The summed E-state index contributed by atoms with van der Waals surface area (Å²) < 4.78 is 60.4. The zero-order chi connectivity index (χ0) is 25.4. The molecule has 1 unspecified atom stereocenters. The summed E-state index contributed by atoms with van der Waals surface area (Å²) in [5, 5.41) is 2.80. The number of halogens is 4. The lowest BCUT2D eigenvalue weighted by Crippen LogP contribution is -2.41. The Morgan fingerprint density at radius 1 is 1.11 bits per heavy atom. The van der Waals surface area contributed by atoms with Gasteiger partial charge in [0, 0.05) is 55.9 Å². The number of pyridine rings is 1. The van der Waals surface area contributed by atoms with Crippen LogP contribution >= 0.6 is 0 Å². The van der Waals surface area contributed by atoms with Crippen LogP contribution < -0.4 is 16.0 Å². The van der Waals surface area contributed by atoms with E-state index in [9.17, 15) is 27.2 Å². The number of anilines is 1. The van der Waals surface area contributed by atoms with Gasteiger partial charge in [-0.2, -0.15) is 0 Å². The second-order valence-electron chi connectivity index (χ2n) is 9.39. The first-order valence-corrected chi connectivity index (χ1v) is 11.3. The molecule has 11 heteroatoms. The fourth-order valence-electron chi connectivity index (χ4n) is 4.78. The summed E-state index contributed by atoms with van der Waals surface area (Å²) >= 11 is 0. The summed E-state index contributed by atoms with van der Waals surface area (Å²) in [6.07, 6.45) is 1.80. The van der Waals surface area contributed by atoms with Gasteiger partial charge >= 0.3 is 6.09 Å². The first kappa shape index (κ1) is 24.7. The molecule has 0 radical (unpaired) electrons. The monoisotopic (exact) mass is 494 g/mol. The van der Waals surface area contributed by atoms with Crippen LogP contribution in [0.3, 0.4) is 0 Å². The van der Waals surface area contributed by atoms with Crippen molar-refractivity contribution in [3.05, 3.63) is 47.8 Å². The molecule has 2 aromatic rings. The molecule has 2 fully saturated rings. The van der Waals surface area contributed by atoms with Gasteiger partial charge < -0.3 is 20.7 Å². The molecule has 1 atom stereocenters. The Balaban J connectivity index is 1.71. The van der Waals surface area contributed by atoms with Crippen molar-refractivity contribution in [2.24, 2.45) is 5.73 Å². The highest BCUT2D eigenvalue weighted by Crippen LogP contribution is 2.39. The third-order valence-electron chi connectivity index (χ3n) is 6.49. The van der Waals surface area contributed by atoms with Crippen molar-refractivity contribution in [3.8, 4) is 11.1 Å². The van der Waals surface area contributed by atoms with Crippen molar-refractivity contribution in [2.45, 2.75) is 56.6 Å². The van der Waals surface area contributed by atoms with Gasteiger partial charge in [-0.25, -0.2) is 22.4 Å². The molecule has 0 spiro atoms. The van der Waals surface area contributed by atoms with E-state index in [0.29, 0.717) is 24.2 Å². The Labute approximate surface area is 199 Å². The zero-order valence-corrected chi connectivity index (χ0v) is 19.1. The average molecular weight is 494 g/mol. The zero-order valence-electron chi connectivity index (χ0n) is 19.1. The standard InChI is InChI=1S/C24H26F4N4O3/c1-23(35-22(29)34)6-7-32(13-23)20-18(14-8-15(25)10-16(26)9-14)11-30-12-19(20)21(33)31-17-2-4-24(27,28)5-3-17/h8-12,17H,2-7,13H2,1H3,(H2,29,34)(H,31,33). The molecule has 35 heavy (non-hydrogen) atoms. The molecule has 1 saturated heterocycles. The summed E-state index contributed by atoms with van der Waals surface area (Å²) in [5.41, 5.74) is 5.20. The number of alkyl halides is 2. The summed E-state index contributed by atoms with van der Waals surface area (Å²) in [6.45, 7) is 2.22. The van der Waals surface area contributed by atoms with E-state index in [2.05, 4.69) is 10.3 Å². The van der Waals surface area contributed by atoms with E-state index >= 15 is 0 Å². The van der Waals surface area contributed by atoms with Crippen LogP contribution in [0.1, 0.15) is 49.4 Å². The van der Waals surface area contributed by atoms with Crippen LogP contribution in [0.4, 0.5) is 28.0 Å². The molecule has 3 N–H and O–H groups in total. The highest BCUT2D eigenvalue weighted by Gasteiger charge is 2.40. The number of aromatic nitrogens is 1. The number of hydrogen-bond donors (Lipinski definition) is 2. The molecule has 1 aliphatic carbocycles. The van der Waals surface area contributed by atoms with Crippen molar-refractivity contribution in [1.29, 1.82) is 0 Å². The number of hydrogen-bond acceptors (Lipinski definition) is 5. The molecule has 0 bridgehead atoms. The second-order valence-corrected chi connectivity index (χ2v) is 9.39. The molecular weight excluding hydrogens is 468 g/mol. The van der Waals surface area contributed by atoms with Gasteiger partial charge in [-0.15, -0.1) is 0 Å². The molecule has 188 valence electrons. The van der Waals surface area contributed by atoms with Gasteiger partial charge in [0.05, 0.1) is 17.8 Å². The highest BCUT2D eigenvalue weighted by atomic mass is 19.3.